The Morgan fingerprint density at radius 1 is 1.30 bits per heavy atom. The fourth-order valence-corrected chi connectivity index (χ4v) is 3.24. The van der Waals surface area contributed by atoms with Gasteiger partial charge in [0.25, 0.3) is 0 Å². The number of aromatic amines is 1. The van der Waals surface area contributed by atoms with Gasteiger partial charge in [-0.05, 0) is 30.3 Å². The molecule has 0 aliphatic carbocycles. The first-order chi connectivity index (χ1) is 14.6. The lowest BCUT2D eigenvalue weighted by Gasteiger charge is -2.05. The number of anilines is 1. The van der Waals surface area contributed by atoms with Crippen LogP contribution in [0.4, 0.5) is 10.1 Å². The van der Waals surface area contributed by atoms with Crippen LogP contribution in [0.2, 0.25) is 5.02 Å². The average Bonchev–Trinajstić information content (AvgIpc) is 3.48. The zero-order valence-corrected chi connectivity index (χ0v) is 16.8. The molecule has 3 heterocycles. The lowest BCUT2D eigenvalue weighted by atomic mass is 10.2. The average molecular weight is 449 g/mol. The third-order valence-electron chi connectivity index (χ3n) is 3.83. The molecule has 1 aromatic carbocycles. The van der Waals surface area contributed by atoms with Crippen LogP contribution in [0.1, 0.15) is 18.1 Å². The number of aromatic nitrogens is 5. The van der Waals surface area contributed by atoms with Gasteiger partial charge in [0.15, 0.2) is 17.4 Å². The Bertz CT molecular complexity index is 1150. The summed E-state index contributed by atoms with van der Waals surface area (Å²) in [5, 5.41) is 14.0. The predicted octanol–water partition coefficient (Wildman–Crippen LogP) is 4.10. The molecule has 0 radical (unpaired) electrons. The number of aryl methyl sites for hydroxylation is 1. The second-order valence-electron chi connectivity index (χ2n) is 6.01. The van der Waals surface area contributed by atoms with Crippen LogP contribution in [0.3, 0.4) is 0 Å². The molecule has 2 N–H and O–H groups in total. The van der Waals surface area contributed by atoms with E-state index in [1.807, 2.05) is 0 Å². The van der Waals surface area contributed by atoms with E-state index in [0.717, 1.165) is 6.07 Å². The molecule has 0 spiro atoms. The highest BCUT2D eigenvalue weighted by atomic mass is 35.5. The molecule has 1 amide bonds. The maximum atomic E-state index is 13.7. The predicted molar refractivity (Wildman–Crippen MR) is 106 cm³/mol. The Hall–Kier alpha value is -3.18. The number of halogens is 2. The van der Waals surface area contributed by atoms with E-state index in [1.165, 1.54) is 23.9 Å². The summed E-state index contributed by atoms with van der Waals surface area (Å²) in [6, 6.07) is 7.56. The highest BCUT2D eigenvalue weighted by molar-refractivity contribution is 7.98. The Balaban J connectivity index is 1.25. The molecule has 4 rings (SSSR count). The first kappa shape index (κ1) is 20.1. The van der Waals surface area contributed by atoms with Gasteiger partial charge in [0.2, 0.25) is 17.0 Å². The van der Waals surface area contributed by atoms with E-state index in [0.29, 0.717) is 34.2 Å². The third kappa shape index (κ3) is 5.05. The van der Waals surface area contributed by atoms with Crippen LogP contribution in [-0.2, 0) is 17.0 Å². The summed E-state index contributed by atoms with van der Waals surface area (Å²) in [5.74, 6) is 1.28. The summed E-state index contributed by atoms with van der Waals surface area (Å²) in [4.78, 5) is 20.6. The molecular weight excluding hydrogens is 435 g/mol. The summed E-state index contributed by atoms with van der Waals surface area (Å²) < 4.78 is 24.1. The topological polar surface area (TPSA) is 123 Å². The maximum Gasteiger partial charge on any atom is 0.227 e. The number of nitrogens with zero attached hydrogens (tertiary/aromatic N) is 4. The lowest BCUT2D eigenvalue weighted by molar-refractivity contribution is -0.116. The Kier molecular flexibility index (Phi) is 6.10. The molecule has 154 valence electrons. The molecule has 0 bridgehead atoms. The SMILES string of the molecule is O=C(CCc1nc(CSc2n[nH]c(-c3ccco3)n2)no1)Nc1ccc(Cl)cc1F. The Morgan fingerprint density at radius 2 is 2.20 bits per heavy atom. The van der Waals surface area contributed by atoms with Gasteiger partial charge in [-0.15, -0.1) is 5.10 Å². The van der Waals surface area contributed by atoms with Crippen LogP contribution >= 0.6 is 23.4 Å². The molecule has 0 aliphatic heterocycles. The maximum absolute atomic E-state index is 13.7. The van der Waals surface area contributed by atoms with Crippen LogP contribution in [-0.4, -0.2) is 31.2 Å². The first-order valence-electron chi connectivity index (χ1n) is 8.72. The minimum absolute atomic E-state index is 0.0598. The normalized spacial score (nSPS) is 11.0. The van der Waals surface area contributed by atoms with Gasteiger partial charge in [0.05, 0.1) is 17.7 Å². The van der Waals surface area contributed by atoms with Crippen LogP contribution < -0.4 is 5.32 Å². The van der Waals surface area contributed by atoms with Crippen LogP contribution in [0.25, 0.3) is 11.6 Å². The van der Waals surface area contributed by atoms with Gasteiger partial charge >= 0.3 is 0 Å². The van der Waals surface area contributed by atoms with Crippen molar-refractivity contribution < 1.29 is 18.1 Å². The van der Waals surface area contributed by atoms with Crippen molar-refractivity contribution in [2.24, 2.45) is 0 Å². The summed E-state index contributed by atoms with van der Waals surface area (Å²) in [5.41, 5.74) is 0.0624. The standard InChI is InChI=1S/C18H14ClFN6O3S/c19-10-3-4-12(11(20)8-10)21-15(27)5-6-16-22-14(26-29-16)9-30-18-23-17(24-25-18)13-2-1-7-28-13/h1-4,7-8H,5-6,9H2,(H,21,27)(H,23,24,25). The van der Waals surface area contributed by atoms with E-state index in [4.69, 9.17) is 20.5 Å². The van der Waals surface area contributed by atoms with Gasteiger partial charge in [-0.1, -0.05) is 28.5 Å². The van der Waals surface area contributed by atoms with E-state index in [-0.39, 0.29) is 29.5 Å². The van der Waals surface area contributed by atoms with Gasteiger partial charge in [-0.2, -0.15) is 9.97 Å². The first-order valence-corrected chi connectivity index (χ1v) is 10.1. The van der Waals surface area contributed by atoms with E-state index in [9.17, 15) is 9.18 Å². The van der Waals surface area contributed by atoms with Crippen molar-refractivity contribution in [1.82, 2.24) is 25.3 Å². The van der Waals surface area contributed by atoms with E-state index in [1.54, 1.807) is 18.4 Å². The molecular formula is C18H14ClFN6O3S. The molecule has 0 fully saturated rings. The number of hydrogen-bond donors (Lipinski definition) is 2. The minimum Gasteiger partial charge on any atom is -0.461 e. The number of nitrogens with one attached hydrogen (secondary N) is 2. The number of benzene rings is 1. The fraction of sp³-hybridized carbons (Fsp3) is 0.167. The van der Waals surface area contributed by atoms with E-state index >= 15 is 0 Å². The van der Waals surface area contributed by atoms with E-state index in [2.05, 4.69) is 30.6 Å². The second kappa shape index (κ2) is 9.09. The number of carbonyl (C=O) groups excluding carboxylic acids is 1. The highest BCUT2D eigenvalue weighted by Crippen LogP contribution is 2.22. The molecule has 0 unspecified atom stereocenters. The molecule has 3 aromatic heterocycles. The molecule has 0 aliphatic rings. The Labute approximate surface area is 178 Å². The van der Waals surface area contributed by atoms with Crippen molar-refractivity contribution in [3.8, 4) is 11.6 Å². The number of thioether (sulfide) groups is 1. The largest absolute Gasteiger partial charge is 0.461 e. The fourth-order valence-electron chi connectivity index (χ4n) is 2.44. The van der Waals surface area contributed by atoms with Gasteiger partial charge < -0.3 is 14.3 Å². The molecule has 9 nitrogen and oxygen atoms in total. The molecule has 0 saturated heterocycles. The summed E-state index contributed by atoms with van der Waals surface area (Å²) in [6.07, 6.45) is 1.84. The van der Waals surface area contributed by atoms with Crippen LogP contribution in [0.15, 0.2) is 50.7 Å². The molecule has 4 aromatic rings. The zero-order valence-electron chi connectivity index (χ0n) is 15.3. The minimum atomic E-state index is -0.602. The number of rotatable bonds is 8. The van der Waals surface area contributed by atoms with E-state index < -0.39 is 5.82 Å². The zero-order chi connectivity index (χ0) is 20.9. The number of carbonyl (C=O) groups is 1. The van der Waals surface area contributed by atoms with Crippen molar-refractivity contribution in [3.63, 3.8) is 0 Å². The number of amides is 1. The Morgan fingerprint density at radius 3 is 3.00 bits per heavy atom. The van der Waals surface area contributed by atoms with Gasteiger partial charge in [-0.3, -0.25) is 9.89 Å². The third-order valence-corrected chi connectivity index (χ3v) is 4.91. The summed E-state index contributed by atoms with van der Waals surface area (Å²) in [6.45, 7) is 0. The summed E-state index contributed by atoms with van der Waals surface area (Å²) >= 11 is 7.01. The molecule has 0 atom stereocenters. The lowest BCUT2D eigenvalue weighted by Crippen LogP contribution is -2.13. The smallest absolute Gasteiger partial charge is 0.227 e. The monoisotopic (exact) mass is 448 g/mol. The van der Waals surface area contributed by atoms with Crippen molar-refractivity contribution in [1.29, 1.82) is 0 Å². The van der Waals surface area contributed by atoms with Crippen molar-refractivity contribution in [3.05, 3.63) is 59.1 Å². The highest BCUT2D eigenvalue weighted by Gasteiger charge is 2.13. The van der Waals surface area contributed by atoms with Crippen molar-refractivity contribution >= 4 is 35.0 Å². The quantitative estimate of drug-likeness (QED) is 0.386. The number of furan rings is 1. The van der Waals surface area contributed by atoms with Gasteiger partial charge in [0, 0.05) is 17.9 Å². The molecule has 12 heteroatoms. The second-order valence-corrected chi connectivity index (χ2v) is 7.39. The molecule has 30 heavy (non-hydrogen) atoms. The van der Waals surface area contributed by atoms with Gasteiger partial charge in [-0.25, -0.2) is 4.39 Å². The van der Waals surface area contributed by atoms with Crippen LogP contribution in [0.5, 0.6) is 0 Å². The van der Waals surface area contributed by atoms with Gasteiger partial charge in [0.1, 0.15) is 5.82 Å². The summed E-state index contributed by atoms with van der Waals surface area (Å²) in [7, 11) is 0. The number of hydrogen-bond acceptors (Lipinski definition) is 8. The van der Waals surface area contributed by atoms with Crippen molar-refractivity contribution in [2.75, 3.05) is 5.32 Å². The molecule has 0 saturated carbocycles. The van der Waals surface area contributed by atoms with Crippen LogP contribution in [0, 0.1) is 5.82 Å². The van der Waals surface area contributed by atoms with Crippen molar-refractivity contribution in [2.45, 2.75) is 23.8 Å². The number of H-pyrrole nitrogens is 1.